The molecule has 3 rings (SSSR count). The zero-order valence-electron chi connectivity index (χ0n) is 18.1. The number of rotatable bonds is 3. The van der Waals surface area contributed by atoms with E-state index in [1.165, 1.54) is 16.8 Å². The molecule has 1 fully saturated rings. The Balaban J connectivity index is 1.62. The molecule has 0 aliphatic carbocycles. The Morgan fingerprint density at radius 1 is 0.862 bits per heavy atom. The van der Waals surface area contributed by atoms with Crippen LogP contribution in [-0.2, 0) is 0 Å². The van der Waals surface area contributed by atoms with E-state index in [-0.39, 0.29) is 17.4 Å². The number of nitrogens with zero attached hydrogens (tertiary/aromatic N) is 2. The summed E-state index contributed by atoms with van der Waals surface area (Å²) < 4.78 is 0. The average Bonchev–Trinajstić information content (AvgIpc) is 2.68. The van der Waals surface area contributed by atoms with Crippen LogP contribution in [0.3, 0.4) is 0 Å². The third-order valence-electron chi connectivity index (χ3n) is 5.37. The van der Waals surface area contributed by atoms with Gasteiger partial charge in [0, 0.05) is 48.5 Å². The number of hydrogen-bond acceptors (Lipinski definition) is 3. The smallest absolute Gasteiger partial charge is 0.253 e. The number of carbonyl (C=O) groups is 2. The van der Waals surface area contributed by atoms with Crippen molar-refractivity contribution in [3.8, 4) is 0 Å². The van der Waals surface area contributed by atoms with Gasteiger partial charge >= 0.3 is 0 Å². The van der Waals surface area contributed by atoms with Crippen LogP contribution >= 0.6 is 0 Å². The summed E-state index contributed by atoms with van der Waals surface area (Å²) in [4.78, 5) is 29.4. The standard InChI is InChI=1S/C24H31N3O2/c1-17-7-6-8-21(18(17)2)26-13-15-27(16-14-26)23(29)20-11-9-19(10-12-20)22(28)25-24(3,4)5/h6-12H,13-16H2,1-5H3,(H,25,28). The second-order valence-corrected chi connectivity index (χ2v) is 8.78. The first-order valence-corrected chi connectivity index (χ1v) is 10.2. The number of aryl methyl sites for hydroxylation is 1. The second-order valence-electron chi connectivity index (χ2n) is 8.78. The summed E-state index contributed by atoms with van der Waals surface area (Å²) in [6.07, 6.45) is 0. The van der Waals surface area contributed by atoms with E-state index in [0.717, 1.165) is 13.1 Å². The highest BCUT2D eigenvalue weighted by molar-refractivity contribution is 5.98. The van der Waals surface area contributed by atoms with E-state index in [9.17, 15) is 9.59 Å². The predicted molar refractivity (Wildman–Crippen MR) is 118 cm³/mol. The largest absolute Gasteiger partial charge is 0.368 e. The van der Waals surface area contributed by atoms with Crippen molar-refractivity contribution >= 4 is 17.5 Å². The quantitative estimate of drug-likeness (QED) is 0.863. The maximum Gasteiger partial charge on any atom is 0.253 e. The van der Waals surface area contributed by atoms with Crippen molar-refractivity contribution in [3.63, 3.8) is 0 Å². The van der Waals surface area contributed by atoms with Crippen LogP contribution in [0.5, 0.6) is 0 Å². The van der Waals surface area contributed by atoms with E-state index in [4.69, 9.17) is 0 Å². The van der Waals surface area contributed by atoms with Gasteiger partial charge < -0.3 is 15.1 Å². The molecule has 2 aromatic carbocycles. The molecule has 2 amide bonds. The first-order chi connectivity index (χ1) is 13.7. The van der Waals surface area contributed by atoms with Gasteiger partial charge in [-0.25, -0.2) is 0 Å². The Morgan fingerprint density at radius 3 is 2.03 bits per heavy atom. The van der Waals surface area contributed by atoms with Crippen molar-refractivity contribution in [2.75, 3.05) is 31.1 Å². The molecule has 0 atom stereocenters. The highest BCUT2D eigenvalue weighted by atomic mass is 16.2. The number of amides is 2. The number of nitrogens with one attached hydrogen (secondary N) is 1. The fourth-order valence-electron chi connectivity index (χ4n) is 3.59. The Labute approximate surface area is 173 Å². The molecule has 5 heteroatoms. The highest BCUT2D eigenvalue weighted by Crippen LogP contribution is 2.24. The van der Waals surface area contributed by atoms with Crippen LogP contribution in [0.4, 0.5) is 5.69 Å². The molecule has 0 saturated carbocycles. The van der Waals surface area contributed by atoms with Gasteiger partial charge in [0.1, 0.15) is 0 Å². The average molecular weight is 394 g/mol. The third-order valence-corrected chi connectivity index (χ3v) is 5.37. The summed E-state index contributed by atoms with van der Waals surface area (Å²) in [5, 5.41) is 2.94. The molecule has 1 N–H and O–H groups in total. The van der Waals surface area contributed by atoms with Gasteiger partial charge in [0.05, 0.1) is 0 Å². The van der Waals surface area contributed by atoms with E-state index in [0.29, 0.717) is 24.2 Å². The zero-order chi connectivity index (χ0) is 21.2. The van der Waals surface area contributed by atoms with Gasteiger partial charge in [-0.1, -0.05) is 12.1 Å². The Hall–Kier alpha value is -2.82. The lowest BCUT2D eigenvalue weighted by atomic mass is 10.1. The van der Waals surface area contributed by atoms with E-state index in [2.05, 4.69) is 42.3 Å². The molecule has 5 nitrogen and oxygen atoms in total. The first-order valence-electron chi connectivity index (χ1n) is 10.2. The predicted octanol–water partition coefficient (Wildman–Crippen LogP) is 3.79. The van der Waals surface area contributed by atoms with Crippen molar-refractivity contribution in [1.29, 1.82) is 0 Å². The molecule has 154 valence electrons. The van der Waals surface area contributed by atoms with Crippen LogP contribution in [0, 0.1) is 13.8 Å². The third kappa shape index (κ3) is 4.97. The molecular weight excluding hydrogens is 362 g/mol. The van der Waals surface area contributed by atoms with Crippen molar-refractivity contribution in [3.05, 3.63) is 64.7 Å². The summed E-state index contributed by atoms with van der Waals surface area (Å²) in [7, 11) is 0. The molecule has 1 saturated heterocycles. The molecule has 2 aromatic rings. The van der Waals surface area contributed by atoms with Gasteiger partial charge in [-0.15, -0.1) is 0 Å². The minimum absolute atomic E-state index is 0.0217. The Bertz CT molecular complexity index is 889. The van der Waals surface area contributed by atoms with Gasteiger partial charge in [-0.3, -0.25) is 9.59 Å². The maximum atomic E-state index is 12.9. The van der Waals surface area contributed by atoms with Gasteiger partial charge in [-0.2, -0.15) is 0 Å². The van der Waals surface area contributed by atoms with Crippen LogP contribution in [0.25, 0.3) is 0 Å². The highest BCUT2D eigenvalue weighted by Gasteiger charge is 2.23. The SMILES string of the molecule is Cc1cccc(N2CCN(C(=O)c3ccc(C(=O)NC(C)(C)C)cc3)CC2)c1C. The Morgan fingerprint density at radius 2 is 1.45 bits per heavy atom. The number of piperazine rings is 1. The maximum absolute atomic E-state index is 12.9. The minimum atomic E-state index is -0.291. The van der Waals surface area contributed by atoms with Crippen LogP contribution < -0.4 is 10.2 Å². The molecule has 1 aliphatic rings. The van der Waals surface area contributed by atoms with E-state index in [1.54, 1.807) is 24.3 Å². The van der Waals surface area contributed by atoms with Crippen molar-refractivity contribution in [1.82, 2.24) is 10.2 Å². The molecule has 0 aromatic heterocycles. The van der Waals surface area contributed by atoms with E-state index in [1.807, 2.05) is 25.7 Å². The number of hydrogen-bond donors (Lipinski definition) is 1. The minimum Gasteiger partial charge on any atom is -0.368 e. The summed E-state index contributed by atoms with van der Waals surface area (Å²) in [5.74, 6) is -0.105. The number of carbonyl (C=O) groups excluding carboxylic acids is 2. The lowest BCUT2D eigenvalue weighted by Crippen LogP contribution is -2.49. The van der Waals surface area contributed by atoms with Gasteiger partial charge in [-0.05, 0) is 76.1 Å². The lowest BCUT2D eigenvalue weighted by Gasteiger charge is -2.37. The van der Waals surface area contributed by atoms with Gasteiger partial charge in [0.2, 0.25) is 0 Å². The number of benzene rings is 2. The van der Waals surface area contributed by atoms with Crippen molar-refractivity contribution in [2.45, 2.75) is 40.2 Å². The summed E-state index contributed by atoms with van der Waals surface area (Å²) >= 11 is 0. The summed E-state index contributed by atoms with van der Waals surface area (Å²) in [6.45, 7) is 13.1. The fourth-order valence-corrected chi connectivity index (χ4v) is 3.59. The van der Waals surface area contributed by atoms with Crippen molar-refractivity contribution < 1.29 is 9.59 Å². The molecule has 0 spiro atoms. The van der Waals surface area contributed by atoms with Crippen LogP contribution in [-0.4, -0.2) is 48.4 Å². The number of anilines is 1. The fraction of sp³-hybridized carbons (Fsp3) is 0.417. The van der Waals surface area contributed by atoms with Crippen LogP contribution in [0.1, 0.15) is 52.6 Å². The summed E-state index contributed by atoms with van der Waals surface area (Å²) in [6, 6.07) is 13.3. The molecule has 0 bridgehead atoms. The molecule has 29 heavy (non-hydrogen) atoms. The lowest BCUT2D eigenvalue weighted by molar-refractivity contribution is 0.0746. The topological polar surface area (TPSA) is 52.7 Å². The molecular formula is C24H31N3O2. The van der Waals surface area contributed by atoms with Gasteiger partial charge in [0.25, 0.3) is 11.8 Å². The molecule has 1 aliphatic heterocycles. The summed E-state index contributed by atoms with van der Waals surface area (Å²) in [5.41, 5.74) is 4.74. The van der Waals surface area contributed by atoms with Crippen molar-refractivity contribution in [2.24, 2.45) is 0 Å². The molecule has 0 radical (unpaired) electrons. The van der Waals surface area contributed by atoms with Gasteiger partial charge in [0.15, 0.2) is 0 Å². The normalized spacial score (nSPS) is 14.7. The Kier molecular flexibility index (Phi) is 5.96. The molecule has 0 unspecified atom stereocenters. The van der Waals surface area contributed by atoms with E-state index >= 15 is 0 Å². The molecule has 1 heterocycles. The van der Waals surface area contributed by atoms with E-state index < -0.39 is 0 Å². The zero-order valence-corrected chi connectivity index (χ0v) is 18.1. The monoisotopic (exact) mass is 393 g/mol. The van der Waals surface area contributed by atoms with Crippen LogP contribution in [0.2, 0.25) is 0 Å². The van der Waals surface area contributed by atoms with Crippen LogP contribution in [0.15, 0.2) is 42.5 Å². The second kappa shape index (κ2) is 8.27. The first kappa shape index (κ1) is 20.9.